The third-order valence-corrected chi connectivity index (χ3v) is 3.38. The molecule has 88 valence electrons. The summed E-state index contributed by atoms with van der Waals surface area (Å²) in [6.45, 7) is 0. The summed E-state index contributed by atoms with van der Waals surface area (Å²) in [5.74, 6) is 0.519. The second-order valence-electron chi connectivity index (χ2n) is 3.65. The smallest absolute Gasteiger partial charge is 0.138 e. The minimum absolute atomic E-state index is 0.223. The van der Waals surface area contributed by atoms with Crippen molar-refractivity contribution in [3.8, 4) is 5.75 Å². The van der Waals surface area contributed by atoms with Crippen LogP contribution in [-0.2, 0) is 5.75 Å². The summed E-state index contributed by atoms with van der Waals surface area (Å²) in [5.41, 5.74) is 6.84. The van der Waals surface area contributed by atoms with Crippen molar-refractivity contribution in [2.75, 3.05) is 5.73 Å². The van der Waals surface area contributed by atoms with E-state index in [0.717, 1.165) is 5.56 Å². The second kappa shape index (κ2) is 5.10. The van der Waals surface area contributed by atoms with E-state index < -0.39 is 0 Å². The molecular formula is C13H12FNOS. The Morgan fingerprint density at radius 2 is 2.00 bits per heavy atom. The van der Waals surface area contributed by atoms with Gasteiger partial charge in [-0.1, -0.05) is 12.1 Å². The van der Waals surface area contributed by atoms with E-state index in [1.165, 1.54) is 17.8 Å². The van der Waals surface area contributed by atoms with E-state index in [1.807, 2.05) is 6.07 Å². The second-order valence-corrected chi connectivity index (χ2v) is 4.67. The van der Waals surface area contributed by atoms with E-state index in [2.05, 4.69) is 0 Å². The summed E-state index contributed by atoms with van der Waals surface area (Å²) in [4.78, 5) is 0.558. The molecule has 0 bridgehead atoms. The molecule has 0 heterocycles. The molecule has 2 rings (SSSR count). The van der Waals surface area contributed by atoms with Gasteiger partial charge in [-0.05, 0) is 35.9 Å². The van der Waals surface area contributed by atoms with Gasteiger partial charge in [0.15, 0.2) is 0 Å². The third kappa shape index (κ3) is 3.14. The average molecular weight is 249 g/mol. The van der Waals surface area contributed by atoms with Crippen molar-refractivity contribution in [2.24, 2.45) is 0 Å². The molecule has 3 N–H and O–H groups in total. The van der Waals surface area contributed by atoms with Crippen LogP contribution in [0.1, 0.15) is 5.56 Å². The number of hydrogen-bond acceptors (Lipinski definition) is 3. The van der Waals surface area contributed by atoms with Crippen molar-refractivity contribution in [2.45, 2.75) is 10.6 Å². The summed E-state index contributed by atoms with van der Waals surface area (Å²) in [6, 6.07) is 11.6. The van der Waals surface area contributed by atoms with Gasteiger partial charge in [-0.25, -0.2) is 4.39 Å². The highest BCUT2D eigenvalue weighted by Gasteiger charge is 2.04. The lowest BCUT2D eigenvalue weighted by atomic mass is 10.2. The molecule has 0 radical (unpaired) electrons. The number of halogens is 1. The van der Waals surface area contributed by atoms with Gasteiger partial charge in [0.2, 0.25) is 0 Å². The highest BCUT2D eigenvalue weighted by Crippen LogP contribution is 2.27. The monoisotopic (exact) mass is 249 g/mol. The third-order valence-electron chi connectivity index (χ3n) is 2.26. The van der Waals surface area contributed by atoms with Gasteiger partial charge in [-0.15, -0.1) is 11.8 Å². The van der Waals surface area contributed by atoms with Crippen LogP contribution < -0.4 is 5.73 Å². The van der Waals surface area contributed by atoms with E-state index in [-0.39, 0.29) is 11.6 Å². The van der Waals surface area contributed by atoms with E-state index >= 15 is 0 Å². The first-order valence-corrected chi connectivity index (χ1v) is 6.09. The topological polar surface area (TPSA) is 46.2 Å². The van der Waals surface area contributed by atoms with Crippen LogP contribution in [0.5, 0.6) is 5.75 Å². The van der Waals surface area contributed by atoms with Crippen LogP contribution >= 0.6 is 11.8 Å². The molecule has 4 heteroatoms. The van der Waals surface area contributed by atoms with E-state index in [1.54, 1.807) is 30.3 Å². The maximum atomic E-state index is 13.5. The predicted molar refractivity (Wildman–Crippen MR) is 68.5 cm³/mol. The Kier molecular flexibility index (Phi) is 3.54. The number of aromatic hydroxyl groups is 1. The Balaban J connectivity index is 2.07. The average Bonchev–Trinajstić information content (AvgIpc) is 2.28. The van der Waals surface area contributed by atoms with Gasteiger partial charge >= 0.3 is 0 Å². The maximum absolute atomic E-state index is 13.5. The van der Waals surface area contributed by atoms with Gasteiger partial charge in [0, 0.05) is 16.3 Å². The number of phenols is 1. The fraction of sp³-hybridized carbons (Fsp3) is 0.0769. The first kappa shape index (κ1) is 11.8. The van der Waals surface area contributed by atoms with Crippen molar-refractivity contribution in [1.82, 2.24) is 0 Å². The number of nitrogen functional groups attached to an aromatic ring is 1. The Labute approximate surface area is 103 Å². The maximum Gasteiger partial charge on any atom is 0.138 e. The quantitative estimate of drug-likeness (QED) is 0.647. The molecule has 0 amide bonds. The molecule has 0 aliphatic rings. The van der Waals surface area contributed by atoms with Crippen LogP contribution in [0.15, 0.2) is 47.4 Å². The molecule has 0 atom stereocenters. The van der Waals surface area contributed by atoms with E-state index in [4.69, 9.17) is 5.73 Å². The number of rotatable bonds is 3. The summed E-state index contributed by atoms with van der Waals surface area (Å²) in [7, 11) is 0. The minimum Gasteiger partial charge on any atom is -0.508 e. The van der Waals surface area contributed by atoms with Crippen LogP contribution in [0.3, 0.4) is 0 Å². The van der Waals surface area contributed by atoms with Crippen molar-refractivity contribution in [3.05, 3.63) is 53.8 Å². The number of anilines is 1. The van der Waals surface area contributed by atoms with Gasteiger partial charge < -0.3 is 10.8 Å². The van der Waals surface area contributed by atoms with Crippen molar-refractivity contribution < 1.29 is 9.50 Å². The molecule has 0 spiro atoms. The van der Waals surface area contributed by atoms with Gasteiger partial charge in [-0.3, -0.25) is 0 Å². The Bertz CT molecular complexity index is 531. The zero-order valence-corrected chi connectivity index (χ0v) is 9.88. The molecule has 0 unspecified atom stereocenters. The van der Waals surface area contributed by atoms with Gasteiger partial charge in [0.05, 0.1) is 0 Å². The molecule has 2 aromatic rings. The van der Waals surface area contributed by atoms with Crippen LogP contribution in [0.4, 0.5) is 10.1 Å². The molecule has 0 saturated carbocycles. The molecule has 2 aromatic carbocycles. The summed E-state index contributed by atoms with van der Waals surface area (Å²) < 4.78 is 13.5. The first-order valence-electron chi connectivity index (χ1n) is 5.11. The molecule has 0 aliphatic heterocycles. The molecule has 2 nitrogen and oxygen atoms in total. The largest absolute Gasteiger partial charge is 0.508 e. The number of hydrogen-bond donors (Lipinski definition) is 2. The van der Waals surface area contributed by atoms with Gasteiger partial charge in [-0.2, -0.15) is 0 Å². The number of nitrogens with two attached hydrogens (primary N) is 1. The fourth-order valence-corrected chi connectivity index (χ4v) is 2.30. The molecular weight excluding hydrogens is 237 g/mol. The normalized spacial score (nSPS) is 10.4. The standard InChI is InChI=1S/C13H12FNOS/c14-12-7-10(15)4-5-13(12)17-8-9-2-1-3-11(16)6-9/h1-7,16H,8,15H2. The molecule has 0 saturated heterocycles. The van der Waals surface area contributed by atoms with Crippen LogP contribution in [0.2, 0.25) is 0 Å². The number of phenolic OH excluding ortho intramolecular Hbond substituents is 1. The SMILES string of the molecule is Nc1ccc(SCc2cccc(O)c2)c(F)c1. The molecule has 0 fully saturated rings. The Hall–Kier alpha value is -1.68. The van der Waals surface area contributed by atoms with E-state index in [0.29, 0.717) is 16.3 Å². The lowest BCUT2D eigenvalue weighted by molar-refractivity contribution is 0.475. The summed E-state index contributed by atoms with van der Waals surface area (Å²) in [5, 5.41) is 9.30. The summed E-state index contributed by atoms with van der Waals surface area (Å²) >= 11 is 1.38. The van der Waals surface area contributed by atoms with Crippen LogP contribution in [0, 0.1) is 5.82 Å². The van der Waals surface area contributed by atoms with Crippen molar-refractivity contribution in [3.63, 3.8) is 0 Å². The lowest BCUT2D eigenvalue weighted by Crippen LogP contribution is -1.88. The molecule has 0 aromatic heterocycles. The highest BCUT2D eigenvalue weighted by atomic mass is 32.2. The zero-order chi connectivity index (χ0) is 12.3. The molecule has 17 heavy (non-hydrogen) atoms. The summed E-state index contributed by atoms with van der Waals surface area (Å²) in [6.07, 6.45) is 0. The molecule has 0 aliphatic carbocycles. The van der Waals surface area contributed by atoms with Gasteiger partial charge in [0.1, 0.15) is 11.6 Å². The highest BCUT2D eigenvalue weighted by molar-refractivity contribution is 7.98. The first-order chi connectivity index (χ1) is 8.15. The fourth-order valence-electron chi connectivity index (χ4n) is 1.44. The number of thioether (sulfide) groups is 1. The Morgan fingerprint density at radius 3 is 2.71 bits per heavy atom. The minimum atomic E-state index is -0.310. The number of benzene rings is 2. The zero-order valence-electron chi connectivity index (χ0n) is 9.06. The predicted octanol–water partition coefficient (Wildman–Crippen LogP) is 3.41. The van der Waals surface area contributed by atoms with Crippen molar-refractivity contribution in [1.29, 1.82) is 0 Å². The van der Waals surface area contributed by atoms with Crippen LogP contribution in [0.25, 0.3) is 0 Å². The van der Waals surface area contributed by atoms with Gasteiger partial charge in [0.25, 0.3) is 0 Å². The van der Waals surface area contributed by atoms with Crippen LogP contribution in [-0.4, -0.2) is 5.11 Å². The van der Waals surface area contributed by atoms with Crippen molar-refractivity contribution >= 4 is 17.4 Å². The Morgan fingerprint density at radius 1 is 1.18 bits per heavy atom. The lowest BCUT2D eigenvalue weighted by Gasteiger charge is -2.04. The van der Waals surface area contributed by atoms with E-state index in [9.17, 15) is 9.50 Å².